The summed E-state index contributed by atoms with van der Waals surface area (Å²) in [5.74, 6) is 0.721. The van der Waals surface area contributed by atoms with Crippen LogP contribution in [0.2, 0.25) is 5.28 Å². The lowest BCUT2D eigenvalue weighted by Crippen LogP contribution is -2.08. The summed E-state index contributed by atoms with van der Waals surface area (Å²) in [6.07, 6.45) is 4.87. The first-order chi connectivity index (χ1) is 8.24. The summed E-state index contributed by atoms with van der Waals surface area (Å²) in [7, 11) is 0. The average molecular weight is 323 g/mol. The van der Waals surface area contributed by atoms with Gasteiger partial charge in [-0.15, -0.1) is 0 Å². The molecule has 4 nitrogen and oxygen atoms in total. The molecule has 0 aromatic carbocycles. The number of nitrogens with zero attached hydrogens (tertiary/aromatic N) is 2. The van der Waals surface area contributed by atoms with Crippen LogP contribution in [-0.4, -0.2) is 29.7 Å². The topological polar surface area (TPSA) is 47.0 Å². The number of halogens is 2. The Morgan fingerprint density at radius 2 is 2.18 bits per heavy atom. The normalized spacial score (nSPS) is 10.5. The van der Waals surface area contributed by atoms with E-state index in [4.69, 9.17) is 16.3 Å². The van der Waals surface area contributed by atoms with Crippen molar-refractivity contribution in [3.63, 3.8) is 0 Å². The van der Waals surface area contributed by atoms with Gasteiger partial charge in [-0.2, -0.15) is 4.98 Å². The Labute approximate surface area is 115 Å². The first-order valence-corrected chi connectivity index (χ1v) is 6.90. The predicted molar refractivity (Wildman–Crippen MR) is 73.6 cm³/mol. The van der Waals surface area contributed by atoms with Gasteiger partial charge in [-0.1, -0.05) is 13.3 Å². The highest BCUT2D eigenvalue weighted by atomic mass is 79.9. The molecule has 1 aromatic rings. The molecule has 0 aliphatic rings. The highest BCUT2D eigenvalue weighted by Crippen LogP contribution is 2.19. The van der Waals surface area contributed by atoms with E-state index in [9.17, 15) is 0 Å². The molecule has 0 amide bonds. The Balaban J connectivity index is 2.15. The van der Waals surface area contributed by atoms with Crippen LogP contribution in [0.3, 0.4) is 0 Å². The van der Waals surface area contributed by atoms with Crippen LogP contribution in [-0.2, 0) is 4.74 Å². The number of unbranched alkanes of at least 4 members (excludes halogenated alkanes) is 1. The molecule has 96 valence electrons. The zero-order valence-electron chi connectivity index (χ0n) is 9.88. The SMILES string of the molecule is CCCCOCCCNc1nc(Cl)ncc1Br. The molecule has 0 spiro atoms. The molecule has 6 heteroatoms. The minimum atomic E-state index is 0.245. The van der Waals surface area contributed by atoms with Gasteiger partial charge in [0.1, 0.15) is 5.82 Å². The Kier molecular flexibility index (Phi) is 7.48. The summed E-state index contributed by atoms with van der Waals surface area (Å²) >= 11 is 9.06. The predicted octanol–water partition coefficient (Wildman–Crippen LogP) is 3.51. The highest BCUT2D eigenvalue weighted by molar-refractivity contribution is 9.10. The number of anilines is 1. The van der Waals surface area contributed by atoms with Gasteiger partial charge in [0.25, 0.3) is 0 Å². The summed E-state index contributed by atoms with van der Waals surface area (Å²) in [4.78, 5) is 7.94. The summed E-state index contributed by atoms with van der Waals surface area (Å²) in [6, 6.07) is 0. The molecule has 0 bridgehead atoms. The van der Waals surface area contributed by atoms with Crippen LogP contribution in [0.15, 0.2) is 10.7 Å². The van der Waals surface area contributed by atoms with Gasteiger partial charge in [0.15, 0.2) is 0 Å². The van der Waals surface area contributed by atoms with Crippen LogP contribution in [0.5, 0.6) is 0 Å². The fourth-order valence-corrected chi connectivity index (χ4v) is 1.66. The van der Waals surface area contributed by atoms with Crippen LogP contribution < -0.4 is 5.32 Å². The smallest absolute Gasteiger partial charge is 0.224 e. The van der Waals surface area contributed by atoms with Gasteiger partial charge in [-0.05, 0) is 40.4 Å². The van der Waals surface area contributed by atoms with Crippen molar-refractivity contribution in [2.24, 2.45) is 0 Å². The lowest BCUT2D eigenvalue weighted by molar-refractivity contribution is 0.131. The third-order valence-electron chi connectivity index (χ3n) is 2.11. The van der Waals surface area contributed by atoms with Gasteiger partial charge < -0.3 is 10.1 Å². The monoisotopic (exact) mass is 321 g/mol. The number of hydrogen-bond acceptors (Lipinski definition) is 4. The largest absolute Gasteiger partial charge is 0.381 e. The van der Waals surface area contributed by atoms with Crippen molar-refractivity contribution in [3.05, 3.63) is 16.0 Å². The van der Waals surface area contributed by atoms with Crippen LogP contribution in [0.4, 0.5) is 5.82 Å². The molecule has 1 heterocycles. The first-order valence-electron chi connectivity index (χ1n) is 5.73. The second kappa shape index (κ2) is 8.66. The van der Waals surface area contributed by atoms with E-state index in [1.54, 1.807) is 6.20 Å². The molecule has 1 rings (SSSR count). The zero-order valence-corrected chi connectivity index (χ0v) is 12.2. The van der Waals surface area contributed by atoms with Gasteiger partial charge in [0, 0.05) is 26.0 Å². The standard InChI is InChI=1S/C11H17BrClN3O/c1-2-3-6-17-7-4-5-14-10-9(12)8-15-11(13)16-10/h8H,2-7H2,1H3,(H,14,15,16). The summed E-state index contributed by atoms with van der Waals surface area (Å²) < 4.78 is 6.27. The van der Waals surface area contributed by atoms with E-state index in [0.717, 1.165) is 42.9 Å². The minimum Gasteiger partial charge on any atom is -0.381 e. The van der Waals surface area contributed by atoms with Crippen molar-refractivity contribution >= 4 is 33.3 Å². The molecular formula is C11H17BrClN3O. The maximum absolute atomic E-state index is 5.71. The summed E-state index contributed by atoms with van der Waals surface area (Å²) in [5, 5.41) is 3.43. The molecule has 0 unspecified atom stereocenters. The fourth-order valence-electron chi connectivity index (χ4n) is 1.20. The molecule has 0 aliphatic heterocycles. The van der Waals surface area contributed by atoms with Gasteiger partial charge in [-0.3, -0.25) is 0 Å². The molecule has 0 fully saturated rings. The van der Waals surface area contributed by atoms with E-state index in [1.807, 2.05) is 0 Å². The summed E-state index contributed by atoms with van der Waals surface area (Å²) in [6.45, 7) is 4.57. The molecule has 1 N–H and O–H groups in total. The van der Waals surface area contributed by atoms with E-state index in [0.29, 0.717) is 0 Å². The Morgan fingerprint density at radius 3 is 2.94 bits per heavy atom. The van der Waals surface area contributed by atoms with Crippen molar-refractivity contribution in [1.82, 2.24) is 9.97 Å². The van der Waals surface area contributed by atoms with Crippen LogP contribution >= 0.6 is 27.5 Å². The van der Waals surface area contributed by atoms with E-state index >= 15 is 0 Å². The Hall–Kier alpha value is -0.390. The molecule has 0 aliphatic carbocycles. The molecule has 0 radical (unpaired) electrons. The highest BCUT2D eigenvalue weighted by Gasteiger charge is 2.02. The Morgan fingerprint density at radius 1 is 1.41 bits per heavy atom. The van der Waals surface area contributed by atoms with Crippen molar-refractivity contribution in [3.8, 4) is 0 Å². The van der Waals surface area contributed by atoms with Gasteiger partial charge >= 0.3 is 0 Å². The van der Waals surface area contributed by atoms with Crippen LogP contribution in [0.25, 0.3) is 0 Å². The second-order valence-corrected chi connectivity index (χ2v) is 4.77. The maximum atomic E-state index is 5.71. The zero-order chi connectivity index (χ0) is 12.5. The number of ether oxygens (including phenoxy) is 1. The van der Waals surface area contributed by atoms with E-state index < -0.39 is 0 Å². The van der Waals surface area contributed by atoms with E-state index in [2.05, 4.69) is 38.1 Å². The quantitative estimate of drug-likeness (QED) is 0.588. The Bertz CT molecular complexity index is 338. The maximum Gasteiger partial charge on any atom is 0.224 e. The van der Waals surface area contributed by atoms with Crippen LogP contribution in [0, 0.1) is 0 Å². The molecular weight excluding hydrogens is 305 g/mol. The second-order valence-electron chi connectivity index (χ2n) is 3.58. The molecule has 1 aromatic heterocycles. The molecule has 0 atom stereocenters. The van der Waals surface area contributed by atoms with Crippen molar-refractivity contribution in [1.29, 1.82) is 0 Å². The minimum absolute atomic E-state index is 0.245. The number of aromatic nitrogens is 2. The van der Waals surface area contributed by atoms with Crippen molar-refractivity contribution in [2.75, 3.05) is 25.1 Å². The number of rotatable bonds is 8. The fraction of sp³-hybridized carbons (Fsp3) is 0.636. The summed E-state index contributed by atoms with van der Waals surface area (Å²) in [5.41, 5.74) is 0. The molecule has 0 saturated carbocycles. The lowest BCUT2D eigenvalue weighted by atomic mass is 10.3. The van der Waals surface area contributed by atoms with E-state index in [-0.39, 0.29) is 5.28 Å². The van der Waals surface area contributed by atoms with Crippen molar-refractivity contribution < 1.29 is 4.74 Å². The number of nitrogens with one attached hydrogen (secondary N) is 1. The lowest BCUT2D eigenvalue weighted by Gasteiger charge is -2.07. The third-order valence-corrected chi connectivity index (χ3v) is 2.88. The van der Waals surface area contributed by atoms with Gasteiger partial charge in [0.05, 0.1) is 4.47 Å². The van der Waals surface area contributed by atoms with Crippen LogP contribution in [0.1, 0.15) is 26.2 Å². The van der Waals surface area contributed by atoms with Gasteiger partial charge in [-0.25, -0.2) is 4.98 Å². The molecule has 17 heavy (non-hydrogen) atoms. The first kappa shape index (κ1) is 14.7. The van der Waals surface area contributed by atoms with Gasteiger partial charge in [0.2, 0.25) is 5.28 Å². The average Bonchev–Trinajstić information content (AvgIpc) is 2.32. The molecule has 0 saturated heterocycles. The number of hydrogen-bond donors (Lipinski definition) is 1. The van der Waals surface area contributed by atoms with Crippen molar-refractivity contribution in [2.45, 2.75) is 26.2 Å². The third kappa shape index (κ3) is 6.19. The van der Waals surface area contributed by atoms with E-state index in [1.165, 1.54) is 6.42 Å².